The Hall–Kier alpha value is -2.21. The molecule has 1 aliphatic rings. The van der Waals surface area contributed by atoms with E-state index < -0.39 is 0 Å². The Kier molecular flexibility index (Phi) is 7.06. The van der Waals surface area contributed by atoms with E-state index in [0.29, 0.717) is 22.1 Å². The largest absolute Gasteiger partial charge is 0.487 e. The van der Waals surface area contributed by atoms with E-state index in [4.69, 9.17) is 26.5 Å². The highest BCUT2D eigenvalue weighted by molar-refractivity contribution is 6.32. The molecule has 0 saturated heterocycles. The lowest BCUT2D eigenvalue weighted by Gasteiger charge is -2.26. The summed E-state index contributed by atoms with van der Waals surface area (Å²) in [4.78, 5) is 12.9. The first-order valence-electron chi connectivity index (χ1n) is 9.56. The fraction of sp³-hybridized carbons (Fsp3) is 0.318. The van der Waals surface area contributed by atoms with Crippen molar-refractivity contribution in [2.45, 2.75) is 44.4 Å². The van der Waals surface area contributed by atoms with Crippen molar-refractivity contribution in [3.8, 4) is 5.75 Å². The highest BCUT2D eigenvalue weighted by Gasteiger charge is 2.25. The van der Waals surface area contributed by atoms with E-state index in [-0.39, 0.29) is 37.0 Å². The summed E-state index contributed by atoms with van der Waals surface area (Å²) in [5.41, 5.74) is 7.35. The van der Waals surface area contributed by atoms with Crippen molar-refractivity contribution in [1.29, 1.82) is 0 Å². The molecule has 2 aromatic carbocycles. The highest BCUT2D eigenvalue weighted by atomic mass is 35.5. The molecule has 7 heteroatoms. The Bertz CT molecular complexity index is 981. The molecular weight excluding hydrogens is 411 g/mol. The van der Waals surface area contributed by atoms with Gasteiger partial charge in [-0.05, 0) is 43.9 Å². The first-order chi connectivity index (χ1) is 13.6. The summed E-state index contributed by atoms with van der Waals surface area (Å²) in [6.07, 6.45) is 3.62. The highest BCUT2D eigenvalue weighted by Crippen LogP contribution is 2.30. The van der Waals surface area contributed by atoms with E-state index in [2.05, 4.69) is 5.32 Å². The van der Waals surface area contributed by atoms with Crippen LogP contribution in [-0.2, 0) is 6.61 Å². The molecule has 0 radical (unpaired) electrons. The number of para-hydroxylation sites is 2. The number of carbonyl (C=O) groups excluding carboxylic acids is 1. The number of halogens is 2. The third-order valence-electron chi connectivity index (χ3n) is 5.22. The first kappa shape index (κ1) is 21.5. The quantitative estimate of drug-likeness (QED) is 0.586. The van der Waals surface area contributed by atoms with Crippen LogP contribution in [0.15, 0.2) is 52.9 Å². The smallest absolute Gasteiger partial charge is 0.287 e. The Morgan fingerprint density at radius 2 is 1.79 bits per heavy atom. The topological polar surface area (TPSA) is 77.5 Å². The number of amides is 1. The van der Waals surface area contributed by atoms with E-state index >= 15 is 0 Å². The third kappa shape index (κ3) is 4.86. The van der Waals surface area contributed by atoms with E-state index in [9.17, 15) is 4.79 Å². The van der Waals surface area contributed by atoms with Gasteiger partial charge in [0.2, 0.25) is 0 Å². The number of ether oxygens (including phenoxy) is 1. The summed E-state index contributed by atoms with van der Waals surface area (Å²) < 4.78 is 11.8. The molecule has 1 aromatic heterocycles. The summed E-state index contributed by atoms with van der Waals surface area (Å²) in [6, 6.07) is 15.2. The van der Waals surface area contributed by atoms with Crippen molar-refractivity contribution in [1.82, 2.24) is 5.32 Å². The molecule has 3 aromatic rings. The molecule has 5 nitrogen and oxygen atoms in total. The molecule has 0 unspecified atom stereocenters. The van der Waals surface area contributed by atoms with Crippen LogP contribution in [0.4, 0.5) is 0 Å². The average Bonchev–Trinajstić information content (AvgIpc) is 3.08. The molecule has 29 heavy (non-hydrogen) atoms. The molecule has 0 aliphatic heterocycles. The zero-order valence-electron chi connectivity index (χ0n) is 15.9. The van der Waals surface area contributed by atoms with Gasteiger partial charge in [-0.15, -0.1) is 12.4 Å². The van der Waals surface area contributed by atoms with E-state index in [0.717, 1.165) is 36.6 Å². The van der Waals surface area contributed by atoms with Crippen LogP contribution in [0.3, 0.4) is 0 Å². The van der Waals surface area contributed by atoms with E-state index in [1.165, 1.54) is 0 Å². The van der Waals surface area contributed by atoms with Crippen molar-refractivity contribution in [3.63, 3.8) is 0 Å². The van der Waals surface area contributed by atoms with Gasteiger partial charge < -0.3 is 20.2 Å². The van der Waals surface area contributed by atoms with Crippen LogP contribution < -0.4 is 15.8 Å². The molecule has 4 rings (SSSR count). The number of nitrogens with one attached hydrogen (secondary N) is 1. The van der Waals surface area contributed by atoms with Gasteiger partial charge in [0.1, 0.15) is 17.9 Å². The minimum Gasteiger partial charge on any atom is -0.487 e. The van der Waals surface area contributed by atoms with Gasteiger partial charge in [-0.2, -0.15) is 0 Å². The number of nitrogens with two attached hydrogens (primary N) is 1. The summed E-state index contributed by atoms with van der Waals surface area (Å²) in [5.74, 6) is 0.652. The molecule has 0 bridgehead atoms. The maximum absolute atomic E-state index is 12.9. The minimum atomic E-state index is -0.213. The molecule has 0 spiro atoms. The van der Waals surface area contributed by atoms with Crippen molar-refractivity contribution in [2.24, 2.45) is 5.73 Å². The lowest BCUT2D eigenvalue weighted by molar-refractivity contribution is 0.0896. The van der Waals surface area contributed by atoms with E-state index in [1.54, 1.807) is 12.1 Å². The van der Waals surface area contributed by atoms with Crippen LogP contribution >= 0.6 is 24.0 Å². The Morgan fingerprint density at radius 1 is 1.10 bits per heavy atom. The molecule has 3 N–H and O–H groups in total. The lowest BCUT2D eigenvalue weighted by atomic mass is 9.92. The third-order valence-corrected chi connectivity index (χ3v) is 5.53. The zero-order chi connectivity index (χ0) is 19.5. The predicted octanol–water partition coefficient (Wildman–Crippen LogP) is 5.09. The van der Waals surface area contributed by atoms with Crippen LogP contribution in [-0.4, -0.2) is 18.0 Å². The molecule has 1 fully saturated rings. The van der Waals surface area contributed by atoms with Gasteiger partial charge in [0.15, 0.2) is 5.76 Å². The summed E-state index contributed by atoms with van der Waals surface area (Å²) in [7, 11) is 0. The second kappa shape index (κ2) is 9.53. The number of hydrogen-bond donors (Lipinski definition) is 2. The molecule has 1 amide bonds. The Morgan fingerprint density at radius 3 is 2.55 bits per heavy atom. The van der Waals surface area contributed by atoms with Crippen molar-refractivity contribution in [3.05, 3.63) is 64.9 Å². The molecule has 0 atom stereocenters. The molecule has 154 valence electrons. The summed E-state index contributed by atoms with van der Waals surface area (Å²) in [6.45, 7) is 0.193. The van der Waals surface area contributed by atoms with Gasteiger partial charge in [-0.1, -0.05) is 41.9 Å². The number of rotatable bonds is 5. The molecule has 1 aliphatic carbocycles. The molecule has 1 heterocycles. The lowest BCUT2D eigenvalue weighted by Crippen LogP contribution is -2.40. The second-order valence-electron chi connectivity index (χ2n) is 7.21. The molecule has 1 saturated carbocycles. The summed E-state index contributed by atoms with van der Waals surface area (Å²) in [5, 5.41) is 4.49. The summed E-state index contributed by atoms with van der Waals surface area (Å²) >= 11 is 6.19. The monoisotopic (exact) mass is 434 g/mol. The predicted molar refractivity (Wildman–Crippen MR) is 117 cm³/mol. The molecular formula is C22H24Cl2N2O3. The average molecular weight is 435 g/mol. The maximum atomic E-state index is 12.9. The normalized spacial score (nSPS) is 18.8. The second-order valence-corrected chi connectivity index (χ2v) is 7.62. The van der Waals surface area contributed by atoms with Crippen molar-refractivity contribution < 1.29 is 13.9 Å². The van der Waals surface area contributed by atoms with Gasteiger partial charge >= 0.3 is 0 Å². The standard InChI is InChI=1S/C22H23ClN2O3.ClH/c23-18-6-2-4-8-20(18)27-13-17-16-5-1-3-7-19(16)28-21(17)22(26)25-15-11-9-14(24)10-12-15;/h1-8,14-15H,9-13,24H2,(H,25,26);1H. The van der Waals surface area contributed by atoms with Crippen LogP contribution in [0.2, 0.25) is 5.02 Å². The van der Waals surface area contributed by atoms with Crippen molar-refractivity contribution >= 4 is 40.9 Å². The van der Waals surface area contributed by atoms with Crippen LogP contribution in [0.5, 0.6) is 5.75 Å². The van der Waals surface area contributed by atoms with Gasteiger partial charge in [-0.25, -0.2) is 0 Å². The van der Waals surface area contributed by atoms with Gasteiger partial charge in [-0.3, -0.25) is 4.79 Å². The SMILES string of the molecule is Cl.NC1CCC(NC(=O)c2oc3ccccc3c2COc2ccccc2Cl)CC1. The van der Waals surface area contributed by atoms with Gasteiger partial charge in [0.25, 0.3) is 5.91 Å². The van der Waals surface area contributed by atoms with Gasteiger partial charge in [0, 0.05) is 23.0 Å². The van der Waals surface area contributed by atoms with Crippen LogP contribution in [0, 0.1) is 0 Å². The van der Waals surface area contributed by atoms with Crippen molar-refractivity contribution in [2.75, 3.05) is 0 Å². The minimum absolute atomic E-state index is 0. The Labute approximate surface area is 180 Å². The number of furan rings is 1. The number of carbonyl (C=O) groups is 1. The number of benzene rings is 2. The van der Waals surface area contributed by atoms with E-state index in [1.807, 2.05) is 36.4 Å². The first-order valence-corrected chi connectivity index (χ1v) is 9.94. The number of fused-ring (bicyclic) bond motifs is 1. The maximum Gasteiger partial charge on any atom is 0.287 e. The van der Waals surface area contributed by atoms with Crippen LogP contribution in [0.25, 0.3) is 11.0 Å². The fourth-order valence-corrected chi connectivity index (χ4v) is 3.84. The van der Waals surface area contributed by atoms with Crippen LogP contribution in [0.1, 0.15) is 41.8 Å². The fourth-order valence-electron chi connectivity index (χ4n) is 3.65. The van der Waals surface area contributed by atoms with Gasteiger partial charge in [0.05, 0.1) is 5.02 Å². The zero-order valence-corrected chi connectivity index (χ0v) is 17.5. The number of hydrogen-bond acceptors (Lipinski definition) is 4. The Balaban J connectivity index is 0.00000240.